The molecule has 2 unspecified atom stereocenters. The van der Waals surface area contributed by atoms with Gasteiger partial charge in [-0.2, -0.15) is 0 Å². The van der Waals surface area contributed by atoms with Crippen molar-refractivity contribution in [3.8, 4) is 0 Å². The van der Waals surface area contributed by atoms with E-state index in [1.165, 1.54) is 25.3 Å². The number of hydrogen-bond acceptors (Lipinski definition) is 5. The summed E-state index contributed by atoms with van der Waals surface area (Å²) in [6, 6.07) is 3.79. The topological polar surface area (TPSA) is 98.5 Å². The Hall–Kier alpha value is -0.860. The zero-order chi connectivity index (χ0) is 17.0. The molecule has 1 aromatic carbocycles. The van der Waals surface area contributed by atoms with Crippen LogP contribution in [0.2, 0.25) is 5.02 Å². The van der Waals surface area contributed by atoms with Gasteiger partial charge in [-0.05, 0) is 43.5 Å². The Bertz CT molecular complexity index is 682. The van der Waals surface area contributed by atoms with Crippen LogP contribution in [0, 0.1) is 5.92 Å². The molecule has 2 rings (SSSR count). The summed E-state index contributed by atoms with van der Waals surface area (Å²) in [5.74, 6) is -0.467. The number of hydrogen-bond donors (Lipinski definition) is 2. The minimum atomic E-state index is -3.72. The van der Waals surface area contributed by atoms with Gasteiger partial charge in [0.1, 0.15) is 0 Å². The molecule has 0 saturated heterocycles. The normalized spacial score (nSPS) is 21.0. The van der Waals surface area contributed by atoms with Crippen molar-refractivity contribution in [3.63, 3.8) is 0 Å². The van der Waals surface area contributed by atoms with Crippen LogP contribution in [0.4, 0.5) is 0 Å². The summed E-state index contributed by atoms with van der Waals surface area (Å²) in [6.07, 6.45) is 3.74. The number of methoxy groups -OCH3 is 1. The highest BCUT2D eigenvalue weighted by molar-refractivity contribution is 7.89. The third-order valence-electron chi connectivity index (χ3n) is 4.17. The molecule has 2 atom stereocenters. The third kappa shape index (κ3) is 4.83. The van der Waals surface area contributed by atoms with Crippen molar-refractivity contribution in [3.05, 3.63) is 28.8 Å². The number of ether oxygens (including phenoxy) is 1. The Kier molecular flexibility index (Phi) is 7.95. The molecule has 0 spiro atoms. The molecule has 0 aromatic heterocycles. The monoisotopic (exact) mass is 396 g/mol. The summed E-state index contributed by atoms with van der Waals surface area (Å²) in [5, 5.41) is 0.0405. The number of sulfonamides is 1. The summed E-state index contributed by atoms with van der Waals surface area (Å²) >= 11 is 5.99. The zero-order valence-corrected chi connectivity index (χ0v) is 15.7. The molecule has 0 aliphatic heterocycles. The largest absolute Gasteiger partial charge is 0.465 e. The summed E-state index contributed by atoms with van der Waals surface area (Å²) in [7, 11) is -2.48. The van der Waals surface area contributed by atoms with Gasteiger partial charge in [0.2, 0.25) is 10.0 Å². The second kappa shape index (κ2) is 9.01. The van der Waals surface area contributed by atoms with Gasteiger partial charge in [-0.3, -0.25) is 0 Å². The predicted molar refractivity (Wildman–Crippen MR) is 95.2 cm³/mol. The second-order valence-electron chi connectivity index (χ2n) is 5.64. The first-order chi connectivity index (χ1) is 10.9. The first kappa shape index (κ1) is 21.2. The van der Waals surface area contributed by atoms with E-state index in [0.717, 1.165) is 25.7 Å². The van der Waals surface area contributed by atoms with Gasteiger partial charge in [0, 0.05) is 6.04 Å². The molecule has 3 N–H and O–H groups in total. The van der Waals surface area contributed by atoms with E-state index in [-0.39, 0.29) is 39.8 Å². The van der Waals surface area contributed by atoms with E-state index in [1.54, 1.807) is 0 Å². The first-order valence-electron chi connectivity index (χ1n) is 7.49. The van der Waals surface area contributed by atoms with E-state index >= 15 is 0 Å². The molecule has 1 aliphatic rings. The molecule has 136 valence electrons. The van der Waals surface area contributed by atoms with Crippen LogP contribution in [0.25, 0.3) is 0 Å². The van der Waals surface area contributed by atoms with Crippen molar-refractivity contribution in [2.75, 3.05) is 13.7 Å². The van der Waals surface area contributed by atoms with Crippen LogP contribution in [0.5, 0.6) is 0 Å². The third-order valence-corrected chi connectivity index (χ3v) is 5.97. The van der Waals surface area contributed by atoms with Crippen molar-refractivity contribution in [1.29, 1.82) is 0 Å². The van der Waals surface area contributed by atoms with Gasteiger partial charge in [0.05, 0.1) is 22.6 Å². The standard InChI is InChI=1S/C15H21ClN2O4S.ClH/c1-22-15(19)12-7-6-11(8-13(12)16)23(20,21)18-14-5-3-2-4-10(14)9-17;/h6-8,10,14,18H,2-5,9,17H2,1H3;1H. The smallest absolute Gasteiger partial charge is 0.339 e. The molecule has 1 aromatic rings. The van der Waals surface area contributed by atoms with Gasteiger partial charge >= 0.3 is 5.97 Å². The lowest BCUT2D eigenvalue weighted by atomic mass is 9.85. The van der Waals surface area contributed by atoms with Gasteiger partial charge in [-0.15, -0.1) is 12.4 Å². The Morgan fingerprint density at radius 2 is 2.04 bits per heavy atom. The van der Waals surface area contributed by atoms with Crippen LogP contribution in [0.3, 0.4) is 0 Å². The average molecular weight is 397 g/mol. The number of esters is 1. The molecule has 0 heterocycles. The molecule has 0 radical (unpaired) electrons. The van der Waals surface area contributed by atoms with Crippen LogP contribution in [0.15, 0.2) is 23.1 Å². The first-order valence-corrected chi connectivity index (χ1v) is 9.35. The Morgan fingerprint density at radius 1 is 1.38 bits per heavy atom. The number of benzene rings is 1. The molecule has 1 aliphatic carbocycles. The average Bonchev–Trinajstić information content (AvgIpc) is 2.54. The number of carbonyl (C=O) groups excluding carboxylic acids is 1. The fourth-order valence-corrected chi connectivity index (χ4v) is 4.54. The number of nitrogens with one attached hydrogen (secondary N) is 1. The van der Waals surface area contributed by atoms with E-state index in [0.29, 0.717) is 6.54 Å². The maximum atomic E-state index is 12.5. The lowest BCUT2D eigenvalue weighted by molar-refractivity contribution is 0.0601. The molecule has 9 heteroatoms. The molecule has 6 nitrogen and oxygen atoms in total. The molecule has 0 bridgehead atoms. The van der Waals surface area contributed by atoms with E-state index in [9.17, 15) is 13.2 Å². The van der Waals surface area contributed by atoms with E-state index < -0.39 is 16.0 Å². The van der Waals surface area contributed by atoms with Crippen molar-refractivity contribution in [2.24, 2.45) is 11.7 Å². The van der Waals surface area contributed by atoms with Gasteiger partial charge in [0.25, 0.3) is 0 Å². The van der Waals surface area contributed by atoms with Crippen molar-refractivity contribution < 1.29 is 17.9 Å². The summed E-state index contributed by atoms with van der Waals surface area (Å²) in [6.45, 7) is 0.454. The second-order valence-corrected chi connectivity index (χ2v) is 7.76. The van der Waals surface area contributed by atoms with Crippen molar-refractivity contribution in [2.45, 2.75) is 36.6 Å². The lowest BCUT2D eigenvalue weighted by Crippen LogP contribution is -2.44. The number of rotatable bonds is 5. The van der Waals surface area contributed by atoms with Crippen LogP contribution < -0.4 is 10.5 Å². The highest BCUT2D eigenvalue weighted by atomic mass is 35.5. The molecule has 24 heavy (non-hydrogen) atoms. The van der Waals surface area contributed by atoms with Crippen LogP contribution in [-0.4, -0.2) is 34.1 Å². The van der Waals surface area contributed by atoms with Gasteiger partial charge in [-0.1, -0.05) is 24.4 Å². The van der Waals surface area contributed by atoms with E-state index in [2.05, 4.69) is 9.46 Å². The van der Waals surface area contributed by atoms with E-state index in [4.69, 9.17) is 17.3 Å². The highest BCUT2D eigenvalue weighted by Crippen LogP contribution is 2.26. The van der Waals surface area contributed by atoms with Gasteiger partial charge < -0.3 is 10.5 Å². The maximum absolute atomic E-state index is 12.5. The van der Waals surface area contributed by atoms with Crippen LogP contribution in [-0.2, 0) is 14.8 Å². The lowest BCUT2D eigenvalue weighted by Gasteiger charge is -2.31. The minimum absolute atomic E-state index is 0. The Balaban J connectivity index is 0.00000288. The predicted octanol–water partition coefficient (Wildman–Crippen LogP) is 2.34. The number of carbonyl (C=O) groups is 1. The maximum Gasteiger partial charge on any atom is 0.339 e. The van der Waals surface area contributed by atoms with Crippen LogP contribution >= 0.6 is 24.0 Å². The van der Waals surface area contributed by atoms with Gasteiger partial charge in [0.15, 0.2) is 0 Å². The van der Waals surface area contributed by atoms with Crippen LogP contribution in [0.1, 0.15) is 36.0 Å². The Morgan fingerprint density at radius 3 is 2.62 bits per heavy atom. The summed E-state index contributed by atoms with van der Waals surface area (Å²) < 4.78 is 32.4. The quantitative estimate of drug-likeness (QED) is 0.744. The summed E-state index contributed by atoms with van der Waals surface area (Å²) in [4.78, 5) is 11.5. The Labute approximate surface area is 153 Å². The summed E-state index contributed by atoms with van der Waals surface area (Å²) in [5.41, 5.74) is 5.87. The minimum Gasteiger partial charge on any atom is -0.465 e. The molecule has 1 saturated carbocycles. The van der Waals surface area contributed by atoms with Crippen molar-refractivity contribution >= 4 is 40.0 Å². The SMILES string of the molecule is COC(=O)c1ccc(S(=O)(=O)NC2CCCCC2CN)cc1Cl.Cl. The highest BCUT2D eigenvalue weighted by Gasteiger charge is 2.29. The molecule has 0 amide bonds. The fourth-order valence-electron chi connectivity index (χ4n) is 2.85. The molecular formula is C15H22Cl2N2O4S. The fraction of sp³-hybridized carbons (Fsp3) is 0.533. The number of nitrogens with two attached hydrogens (primary N) is 1. The van der Waals surface area contributed by atoms with Crippen molar-refractivity contribution in [1.82, 2.24) is 4.72 Å². The molecular weight excluding hydrogens is 375 g/mol. The van der Waals surface area contributed by atoms with Gasteiger partial charge in [-0.25, -0.2) is 17.9 Å². The van der Waals surface area contributed by atoms with E-state index in [1.807, 2.05) is 0 Å². The number of halogens is 2. The zero-order valence-electron chi connectivity index (χ0n) is 13.3. The molecule has 1 fully saturated rings.